The Bertz CT molecular complexity index is 492. The number of aliphatic carboxylic acids is 1. The normalized spacial score (nSPS) is 11.1. The van der Waals surface area contributed by atoms with E-state index in [2.05, 4.69) is 0 Å². The maximum atomic E-state index is 11.2. The molecule has 0 bridgehead atoms. The van der Waals surface area contributed by atoms with Gasteiger partial charge in [-0.2, -0.15) is 0 Å². The average molecular weight is 258 g/mol. The third-order valence-electron chi connectivity index (χ3n) is 2.00. The highest BCUT2D eigenvalue weighted by atomic mass is 32.2. The van der Waals surface area contributed by atoms with Gasteiger partial charge < -0.3 is 9.84 Å². The van der Waals surface area contributed by atoms with Gasteiger partial charge in [-0.25, -0.2) is 8.42 Å². The van der Waals surface area contributed by atoms with Gasteiger partial charge in [0.05, 0.1) is 5.75 Å². The molecule has 1 aromatic rings. The summed E-state index contributed by atoms with van der Waals surface area (Å²) in [6.07, 6.45) is 0. The number of sulfone groups is 1. The lowest BCUT2D eigenvalue weighted by atomic mass is 10.2. The number of rotatable bonds is 6. The maximum absolute atomic E-state index is 11.2. The summed E-state index contributed by atoms with van der Waals surface area (Å²) in [5, 5.41) is 8.38. The smallest absolute Gasteiger partial charge is 0.318 e. The van der Waals surface area contributed by atoms with Crippen LogP contribution in [0.1, 0.15) is 5.56 Å². The summed E-state index contributed by atoms with van der Waals surface area (Å²) in [5.41, 5.74) is 1.01. The highest BCUT2D eigenvalue weighted by molar-refractivity contribution is 7.92. The summed E-state index contributed by atoms with van der Waals surface area (Å²) < 4.78 is 27.7. The first-order valence-corrected chi connectivity index (χ1v) is 6.83. The predicted octanol–water partition coefficient (Wildman–Crippen LogP) is 0.873. The molecule has 0 saturated heterocycles. The lowest BCUT2D eigenvalue weighted by Crippen LogP contribution is -2.22. The second-order valence-corrected chi connectivity index (χ2v) is 5.83. The highest BCUT2D eigenvalue weighted by Crippen LogP contribution is 2.12. The molecule has 0 spiro atoms. The van der Waals surface area contributed by atoms with Crippen LogP contribution in [-0.2, 0) is 14.6 Å². The molecule has 1 rings (SSSR count). The Labute approximate surface area is 100.0 Å². The number of hydrogen-bond donors (Lipinski definition) is 1. The molecule has 0 heterocycles. The van der Waals surface area contributed by atoms with Crippen LogP contribution < -0.4 is 4.74 Å². The Morgan fingerprint density at radius 2 is 2.12 bits per heavy atom. The lowest BCUT2D eigenvalue weighted by molar-refractivity contribution is -0.134. The van der Waals surface area contributed by atoms with Gasteiger partial charge in [-0.05, 0) is 24.6 Å². The summed E-state index contributed by atoms with van der Waals surface area (Å²) in [5.74, 6) is -1.92. The van der Waals surface area contributed by atoms with E-state index in [1.807, 2.05) is 13.0 Å². The quantitative estimate of drug-likeness (QED) is 0.819. The Morgan fingerprint density at radius 3 is 2.71 bits per heavy atom. The maximum Gasteiger partial charge on any atom is 0.318 e. The summed E-state index contributed by atoms with van der Waals surface area (Å²) in [6, 6.07) is 7.20. The number of carbonyl (C=O) groups is 1. The molecule has 5 nitrogen and oxygen atoms in total. The SMILES string of the molecule is Cc1cccc(OCCS(=O)(=O)CC(=O)O)c1. The minimum atomic E-state index is -3.59. The van der Waals surface area contributed by atoms with Crippen LogP contribution in [0, 0.1) is 6.92 Å². The average Bonchev–Trinajstić information content (AvgIpc) is 2.15. The highest BCUT2D eigenvalue weighted by Gasteiger charge is 2.15. The van der Waals surface area contributed by atoms with Crippen molar-refractivity contribution in [2.45, 2.75) is 6.92 Å². The summed E-state index contributed by atoms with van der Waals surface area (Å²) in [7, 11) is -3.59. The molecule has 0 saturated carbocycles. The molecular weight excluding hydrogens is 244 g/mol. The van der Waals surface area contributed by atoms with Crippen molar-refractivity contribution in [2.24, 2.45) is 0 Å². The van der Waals surface area contributed by atoms with E-state index in [0.29, 0.717) is 5.75 Å². The fourth-order valence-corrected chi connectivity index (χ4v) is 2.11. The Morgan fingerprint density at radius 1 is 1.41 bits per heavy atom. The van der Waals surface area contributed by atoms with Crippen molar-refractivity contribution in [3.05, 3.63) is 29.8 Å². The minimum Gasteiger partial charge on any atom is -0.493 e. The molecule has 0 aliphatic carbocycles. The van der Waals surface area contributed by atoms with Crippen LogP contribution in [0.2, 0.25) is 0 Å². The van der Waals surface area contributed by atoms with Crippen LogP contribution in [0.15, 0.2) is 24.3 Å². The number of benzene rings is 1. The molecule has 0 fully saturated rings. The van der Waals surface area contributed by atoms with Gasteiger partial charge in [0.2, 0.25) is 0 Å². The van der Waals surface area contributed by atoms with Crippen LogP contribution in [-0.4, -0.2) is 37.6 Å². The van der Waals surface area contributed by atoms with Gasteiger partial charge in [-0.1, -0.05) is 12.1 Å². The van der Waals surface area contributed by atoms with E-state index in [4.69, 9.17) is 9.84 Å². The van der Waals surface area contributed by atoms with E-state index in [-0.39, 0.29) is 12.4 Å². The third-order valence-corrected chi connectivity index (χ3v) is 3.47. The van der Waals surface area contributed by atoms with E-state index in [1.165, 1.54) is 0 Å². The van der Waals surface area contributed by atoms with Crippen LogP contribution in [0.5, 0.6) is 5.75 Å². The first-order chi connectivity index (χ1) is 7.89. The summed E-state index contributed by atoms with van der Waals surface area (Å²) in [4.78, 5) is 10.3. The van der Waals surface area contributed by atoms with Crippen molar-refractivity contribution >= 4 is 15.8 Å². The van der Waals surface area contributed by atoms with Gasteiger partial charge in [0, 0.05) is 0 Å². The molecule has 0 aliphatic rings. The molecular formula is C11H14O5S. The van der Waals surface area contributed by atoms with Gasteiger partial charge in [-0.3, -0.25) is 4.79 Å². The zero-order chi connectivity index (χ0) is 12.9. The number of hydrogen-bond acceptors (Lipinski definition) is 4. The fourth-order valence-electron chi connectivity index (χ4n) is 1.25. The molecule has 6 heteroatoms. The molecule has 0 unspecified atom stereocenters. The third kappa shape index (κ3) is 5.35. The van der Waals surface area contributed by atoms with Gasteiger partial charge >= 0.3 is 5.97 Å². The first-order valence-electron chi connectivity index (χ1n) is 5.01. The monoisotopic (exact) mass is 258 g/mol. The molecule has 17 heavy (non-hydrogen) atoms. The van der Waals surface area contributed by atoms with Crippen molar-refractivity contribution in [1.29, 1.82) is 0 Å². The first kappa shape index (κ1) is 13.5. The number of aryl methyl sites for hydroxylation is 1. The molecule has 0 aromatic heterocycles. The van der Waals surface area contributed by atoms with E-state index in [9.17, 15) is 13.2 Å². The molecule has 0 atom stereocenters. The number of carboxylic acid groups (broad SMARTS) is 1. The summed E-state index contributed by atoms with van der Waals surface area (Å²) >= 11 is 0. The second-order valence-electron chi connectivity index (χ2n) is 3.65. The van der Waals surface area contributed by atoms with Gasteiger partial charge in [-0.15, -0.1) is 0 Å². The van der Waals surface area contributed by atoms with E-state index in [1.54, 1.807) is 18.2 Å². The van der Waals surface area contributed by atoms with Crippen LogP contribution in [0.3, 0.4) is 0 Å². The molecule has 1 N–H and O–H groups in total. The molecule has 1 aromatic carbocycles. The zero-order valence-corrected chi connectivity index (χ0v) is 10.2. The van der Waals surface area contributed by atoms with Crippen LogP contribution in [0.25, 0.3) is 0 Å². The molecule has 0 aliphatic heterocycles. The summed E-state index contributed by atoms with van der Waals surface area (Å²) in [6.45, 7) is 1.85. The number of ether oxygens (including phenoxy) is 1. The van der Waals surface area contributed by atoms with E-state index in [0.717, 1.165) is 5.56 Å². The van der Waals surface area contributed by atoms with Gasteiger partial charge in [0.15, 0.2) is 9.84 Å². The molecule has 0 radical (unpaired) electrons. The second kappa shape index (κ2) is 5.67. The van der Waals surface area contributed by atoms with Gasteiger partial charge in [0.1, 0.15) is 18.1 Å². The van der Waals surface area contributed by atoms with Gasteiger partial charge in [0.25, 0.3) is 0 Å². The minimum absolute atomic E-state index is 0.0426. The largest absolute Gasteiger partial charge is 0.493 e. The van der Waals surface area contributed by atoms with Crippen LogP contribution in [0.4, 0.5) is 0 Å². The predicted molar refractivity (Wildman–Crippen MR) is 63.0 cm³/mol. The van der Waals surface area contributed by atoms with Crippen molar-refractivity contribution in [3.8, 4) is 5.75 Å². The standard InChI is InChI=1S/C11H14O5S/c1-9-3-2-4-10(7-9)16-5-6-17(14,15)8-11(12)13/h2-4,7H,5-6,8H2,1H3,(H,12,13). The van der Waals surface area contributed by atoms with E-state index < -0.39 is 21.6 Å². The van der Waals surface area contributed by atoms with Crippen LogP contribution >= 0.6 is 0 Å². The fraction of sp³-hybridized carbons (Fsp3) is 0.364. The molecule has 0 amide bonds. The van der Waals surface area contributed by atoms with Crippen molar-refractivity contribution < 1.29 is 23.1 Å². The lowest BCUT2D eigenvalue weighted by Gasteiger charge is -2.06. The topological polar surface area (TPSA) is 80.7 Å². The Hall–Kier alpha value is -1.56. The zero-order valence-electron chi connectivity index (χ0n) is 9.42. The Kier molecular flexibility index (Phi) is 4.51. The van der Waals surface area contributed by atoms with Crippen molar-refractivity contribution in [2.75, 3.05) is 18.1 Å². The van der Waals surface area contributed by atoms with Crippen molar-refractivity contribution in [1.82, 2.24) is 0 Å². The van der Waals surface area contributed by atoms with E-state index >= 15 is 0 Å². The molecule has 94 valence electrons. The number of carboxylic acids is 1. The Balaban J connectivity index is 2.45. The van der Waals surface area contributed by atoms with Crippen molar-refractivity contribution in [3.63, 3.8) is 0 Å².